The molecule has 3 rings (SSSR count). The van der Waals surface area contributed by atoms with E-state index >= 15 is 0 Å². The van der Waals surface area contributed by atoms with E-state index in [1.54, 1.807) is 28.8 Å². The van der Waals surface area contributed by atoms with Gasteiger partial charge in [0.15, 0.2) is 5.16 Å². The van der Waals surface area contributed by atoms with Crippen LogP contribution in [-0.4, -0.2) is 43.6 Å². The second-order valence-electron chi connectivity index (χ2n) is 5.37. The largest absolute Gasteiger partial charge is 0.468 e. The Balaban J connectivity index is 2.00. The normalized spacial score (nSPS) is 10.7. The lowest BCUT2D eigenvalue weighted by Gasteiger charge is -2.10. The third-order valence-corrected chi connectivity index (χ3v) is 4.65. The van der Waals surface area contributed by atoms with E-state index in [2.05, 4.69) is 24.9 Å². The first-order chi connectivity index (χ1) is 13.0. The summed E-state index contributed by atoms with van der Waals surface area (Å²) in [4.78, 5) is 39.1. The number of esters is 1. The van der Waals surface area contributed by atoms with Crippen LogP contribution in [0.1, 0.15) is 11.5 Å². The molecule has 0 saturated heterocycles. The van der Waals surface area contributed by atoms with Crippen LogP contribution in [0.5, 0.6) is 0 Å². The number of H-pyrrole nitrogens is 2. The van der Waals surface area contributed by atoms with Crippen molar-refractivity contribution in [1.29, 1.82) is 0 Å². The van der Waals surface area contributed by atoms with E-state index < -0.39 is 17.2 Å². The van der Waals surface area contributed by atoms with Gasteiger partial charge in [0.1, 0.15) is 5.82 Å². The van der Waals surface area contributed by atoms with E-state index in [0.29, 0.717) is 21.7 Å². The molecule has 2 heterocycles. The van der Waals surface area contributed by atoms with Crippen LogP contribution in [0.3, 0.4) is 0 Å². The number of hydrogen-bond acceptors (Lipinski definition) is 7. The van der Waals surface area contributed by atoms with Gasteiger partial charge in [-0.25, -0.2) is 4.79 Å². The lowest BCUT2D eigenvalue weighted by molar-refractivity contribution is -0.137. The van der Waals surface area contributed by atoms with Crippen LogP contribution in [0.25, 0.3) is 5.69 Å². The van der Waals surface area contributed by atoms with Crippen LogP contribution < -0.4 is 11.2 Å². The van der Waals surface area contributed by atoms with Crippen molar-refractivity contribution in [3.8, 4) is 5.69 Å². The molecule has 11 heteroatoms. The van der Waals surface area contributed by atoms with Crippen LogP contribution in [0.2, 0.25) is 5.02 Å². The average molecular weight is 408 g/mol. The summed E-state index contributed by atoms with van der Waals surface area (Å²) in [7, 11) is 1.31. The maximum Gasteiger partial charge on any atom is 0.325 e. The fourth-order valence-corrected chi connectivity index (χ4v) is 3.25. The minimum Gasteiger partial charge on any atom is -0.468 e. The highest BCUT2D eigenvalue weighted by atomic mass is 35.5. The number of thioether (sulfide) groups is 1. The monoisotopic (exact) mass is 407 g/mol. The van der Waals surface area contributed by atoms with Gasteiger partial charge in [-0.2, -0.15) is 0 Å². The molecule has 0 aliphatic carbocycles. The third-order valence-electron chi connectivity index (χ3n) is 3.50. The highest BCUT2D eigenvalue weighted by Crippen LogP contribution is 2.24. The van der Waals surface area contributed by atoms with Gasteiger partial charge in [0, 0.05) is 28.9 Å². The minimum absolute atomic E-state index is 0.0596. The highest BCUT2D eigenvalue weighted by molar-refractivity contribution is 7.99. The summed E-state index contributed by atoms with van der Waals surface area (Å²) in [6.45, 7) is 0. The molecule has 0 aliphatic heterocycles. The van der Waals surface area contributed by atoms with Crippen LogP contribution in [0, 0.1) is 0 Å². The van der Waals surface area contributed by atoms with Crippen LogP contribution >= 0.6 is 23.4 Å². The smallest absolute Gasteiger partial charge is 0.325 e. The quantitative estimate of drug-likeness (QED) is 0.464. The summed E-state index contributed by atoms with van der Waals surface area (Å²) in [5.41, 5.74) is -0.00298. The molecule has 0 amide bonds. The SMILES string of the molecule is COC(=O)CSc1nnc(Cc2cc(=O)[nH]c(=O)[nH]2)n1-c1ccc(Cl)cc1. The van der Waals surface area contributed by atoms with Gasteiger partial charge in [-0.15, -0.1) is 10.2 Å². The van der Waals surface area contributed by atoms with Crippen LogP contribution in [-0.2, 0) is 16.0 Å². The van der Waals surface area contributed by atoms with E-state index in [1.807, 2.05) is 0 Å². The Morgan fingerprint density at radius 2 is 1.96 bits per heavy atom. The lowest BCUT2D eigenvalue weighted by atomic mass is 10.2. The number of rotatable bonds is 6. The molecule has 2 aromatic heterocycles. The number of carbonyl (C=O) groups is 1. The number of benzene rings is 1. The molecule has 9 nitrogen and oxygen atoms in total. The number of hydrogen-bond donors (Lipinski definition) is 2. The number of carbonyl (C=O) groups excluding carboxylic acids is 1. The Labute approximate surface area is 161 Å². The fraction of sp³-hybridized carbons (Fsp3) is 0.188. The Morgan fingerprint density at radius 3 is 2.63 bits per heavy atom. The summed E-state index contributed by atoms with van der Waals surface area (Å²) in [5, 5.41) is 9.29. The second-order valence-corrected chi connectivity index (χ2v) is 6.74. The maximum atomic E-state index is 11.5. The van der Waals surface area contributed by atoms with Crippen molar-refractivity contribution in [3.05, 3.63) is 67.7 Å². The van der Waals surface area contributed by atoms with Crippen molar-refractivity contribution in [2.24, 2.45) is 0 Å². The molecular weight excluding hydrogens is 394 g/mol. The summed E-state index contributed by atoms with van der Waals surface area (Å²) < 4.78 is 6.38. The summed E-state index contributed by atoms with van der Waals surface area (Å²) in [5.74, 6) is 0.140. The standard InChI is InChI=1S/C16H14ClN5O4S/c1-26-14(24)8-27-16-21-20-12(6-10-7-13(23)19-15(25)18-10)22(16)11-4-2-9(17)3-5-11/h2-5,7H,6,8H2,1H3,(H2,18,19,23,25). The molecule has 140 valence electrons. The molecule has 0 bridgehead atoms. The van der Waals surface area contributed by atoms with Crippen molar-refractivity contribution in [2.75, 3.05) is 12.9 Å². The Hall–Kier alpha value is -2.85. The second kappa shape index (κ2) is 8.23. The summed E-state index contributed by atoms with van der Waals surface area (Å²) >= 11 is 7.11. The molecular formula is C16H14ClN5O4S. The zero-order valence-corrected chi connectivity index (χ0v) is 15.6. The summed E-state index contributed by atoms with van der Waals surface area (Å²) in [6, 6.07) is 8.26. The number of methoxy groups -OCH3 is 1. The predicted octanol–water partition coefficient (Wildman–Crippen LogP) is 1.15. The molecule has 2 N–H and O–H groups in total. The molecule has 0 atom stereocenters. The van der Waals surface area contributed by atoms with E-state index in [9.17, 15) is 14.4 Å². The first-order valence-corrected chi connectivity index (χ1v) is 9.05. The Morgan fingerprint density at radius 1 is 1.22 bits per heavy atom. The van der Waals surface area contributed by atoms with Gasteiger partial charge in [0.2, 0.25) is 0 Å². The Bertz CT molecular complexity index is 1050. The van der Waals surface area contributed by atoms with Crippen molar-refractivity contribution in [1.82, 2.24) is 24.7 Å². The molecule has 3 aromatic rings. The maximum absolute atomic E-state index is 11.5. The predicted molar refractivity (Wildman–Crippen MR) is 99.6 cm³/mol. The molecule has 0 unspecified atom stereocenters. The van der Waals surface area contributed by atoms with Crippen molar-refractivity contribution >= 4 is 29.3 Å². The van der Waals surface area contributed by atoms with E-state index in [-0.39, 0.29) is 12.2 Å². The number of halogens is 1. The van der Waals surface area contributed by atoms with E-state index in [4.69, 9.17) is 11.6 Å². The van der Waals surface area contributed by atoms with E-state index in [0.717, 1.165) is 17.4 Å². The zero-order valence-electron chi connectivity index (χ0n) is 14.1. The molecule has 27 heavy (non-hydrogen) atoms. The number of ether oxygens (including phenoxy) is 1. The molecule has 0 fully saturated rings. The highest BCUT2D eigenvalue weighted by Gasteiger charge is 2.17. The number of aromatic amines is 2. The van der Waals surface area contributed by atoms with Crippen molar-refractivity contribution < 1.29 is 9.53 Å². The van der Waals surface area contributed by atoms with Crippen molar-refractivity contribution in [3.63, 3.8) is 0 Å². The summed E-state index contributed by atoms with van der Waals surface area (Å²) in [6.07, 6.45) is 0.160. The molecule has 1 aromatic carbocycles. The molecule has 0 radical (unpaired) electrons. The number of nitrogens with one attached hydrogen (secondary N) is 2. The molecule has 0 saturated carbocycles. The average Bonchev–Trinajstić information content (AvgIpc) is 3.02. The van der Waals surface area contributed by atoms with Gasteiger partial charge in [-0.05, 0) is 24.3 Å². The Kier molecular flexibility index (Phi) is 5.77. The van der Waals surface area contributed by atoms with Gasteiger partial charge >= 0.3 is 11.7 Å². The number of nitrogens with zero attached hydrogens (tertiary/aromatic N) is 3. The van der Waals surface area contributed by atoms with Crippen LogP contribution in [0.15, 0.2) is 45.1 Å². The van der Waals surface area contributed by atoms with Gasteiger partial charge in [0.05, 0.1) is 12.9 Å². The number of aromatic nitrogens is 5. The van der Waals surface area contributed by atoms with Gasteiger partial charge in [0.25, 0.3) is 5.56 Å². The first kappa shape index (κ1) is 18.9. The van der Waals surface area contributed by atoms with Gasteiger partial charge in [-0.3, -0.25) is 19.1 Å². The van der Waals surface area contributed by atoms with Gasteiger partial charge < -0.3 is 9.72 Å². The van der Waals surface area contributed by atoms with Gasteiger partial charge in [-0.1, -0.05) is 23.4 Å². The third kappa shape index (κ3) is 4.66. The molecule has 0 aliphatic rings. The first-order valence-electron chi connectivity index (χ1n) is 7.68. The molecule has 0 spiro atoms. The zero-order chi connectivity index (χ0) is 19.4. The lowest BCUT2D eigenvalue weighted by Crippen LogP contribution is -2.23. The van der Waals surface area contributed by atoms with Crippen molar-refractivity contribution in [2.45, 2.75) is 11.6 Å². The van der Waals surface area contributed by atoms with Crippen LogP contribution in [0.4, 0.5) is 0 Å². The minimum atomic E-state index is -0.602. The fourth-order valence-electron chi connectivity index (χ4n) is 2.33. The van der Waals surface area contributed by atoms with E-state index in [1.165, 1.54) is 13.2 Å². The topological polar surface area (TPSA) is 123 Å².